The second-order valence-electron chi connectivity index (χ2n) is 6.18. The lowest BCUT2D eigenvalue weighted by atomic mass is 10.2. The molecule has 0 bridgehead atoms. The molecule has 0 unspecified atom stereocenters. The van der Waals surface area contributed by atoms with Crippen molar-refractivity contribution in [1.82, 2.24) is 4.31 Å². The Morgan fingerprint density at radius 1 is 1.07 bits per heavy atom. The molecular weight excluding hydrogens is 400 g/mol. The summed E-state index contributed by atoms with van der Waals surface area (Å²) in [6.45, 7) is 0.373. The summed E-state index contributed by atoms with van der Waals surface area (Å²) in [5.41, 5.74) is 0.406. The summed E-state index contributed by atoms with van der Waals surface area (Å²) in [7, 11) is 0.410. The predicted octanol–water partition coefficient (Wildman–Crippen LogP) is 1.73. The van der Waals surface area contributed by atoms with Crippen molar-refractivity contribution in [2.75, 3.05) is 46.3 Å². The number of ether oxygens (including phenoxy) is 4. The van der Waals surface area contributed by atoms with E-state index in [0.717, 1.165) is 4.31 Å². The first-order valence-corrected chi connectivity index (χ1v) is 10.2. The van der Waals surface area contributed by atoms with Gasteiger partial charge in [-0.15, -0.1) is 0 Å². The van der Waals surface area contributed by atoms with Gasteiger partial charge in [0.1, 0.15) is 24.7 Å². The summed E-state index contributed by atoms with van der Waals surface area (Å²) < 4.78 is 47.8. The monoisotopic (exact) mass is 422 g/mol. The van der Waals surface area contributed by atoms with Crippen molar-refractivity contribution in [3.8, 4) is 23.0 Å². The molecule has 0 saturated heterocycles. The van der Waals surface area contributed by atoms with E-state index in [4.69, 9.17) is 18.9 Å². The van der Waals surface area contributed by atoms with Gasteiger partial charge in [-0.1, -0.05) is 0 Å². The molecule has 0 atom stereocenters. The molecule has 1 amide bonds. The van der Waals surface area contributed by atoms with E-state index in [1.54, 1.807) is 18.2 Å². The van der Waals surface area contributed by atoms with Crippen LogP contribution in [0.5, 0.6) is 23.0 Å². The van der Waals surface area contributed by atoms with Crippen LogP contribution < -0.4 is 24.3 Å². The molecule has 0 saturated carbocycles. The van der Waals surface area contributed by atoms with Crippen LogP contribution in [0, 0.1) is 0 Å². The minimum Gasteiger partial charge on any atom is -0.497 e. The summed E-state index contributed by atoms with van der Waals surface area (Å²) in [5.74, 6) is 1.30. The topological polar surface area (TPSA) is 103 Å². The van der Waals surface area contributed by atoms with Gasteiger partial charge in [-0.2, -0.15) is 4.31 Å². The van der Waals surface area contributed by atoms with Crippen LogP contribution in [0.15, 0.2) is 41.3 Å². The molecule has 2 aromatic carbocycles. The number of carbonyl (C=O) groups excluding carboxylic acids is 1. The maximum Gasteiger partial charge on any atom is 0.243 e. The van der Waals surface area contributed by atoms with E-state index in [-0.39, 0.29) is 11.4 Å². The molecule has 1 aliphatic rings. The highest BCUT2D eigenvalue weighted by molar-refractivity contribution is 7.89. The van der Waals surface area contributed by atoms with Crippen molar-refractivity contribution >= 4 is 21.6 Å². The minimum atomic E-state index is -3.90. The molecule has 0 fully saturated rings. The third-order valence-electron chi connectivity index (χ3n) is 4.27. The first-order valence-electron chi connectivity index (χ1n) is 8.73. The van der Waals surface area contributed by atoms with Gasteiger partial charge >= 0.3 is 0 Å². The number of nitrogens with one attached hydrogen (secondary N) is 1. The Bertz CT molecular complexity index is 1010. The largest absolute Gasteiger partial charge is 0.497 e. The fourth-order valence-corrected chi connectivity index (χ4v) is 3.89. The first-order chi connectivity index (χ1) is 13.8. The highest BCUT2D eigenvalue weighted by atomic mass is 32.2. The summed E-state index contributed by atoms with van der Waals surface area (Å²) in [5, 5.41) is 2.65. The van der Waals surface area contributed by atoms with Gasteiger partial charge in [-0.05, 0) is 24.3 Å². The van der Waals surface area contributed by atoms with Crippen LogP contribution in [-0.4, -0.2) is 59.7 Å². The second kappa shape index (κ2) is 8.58. The lowest BCUT2D eigenvalue weighted by Gasteiger charge is -2.21. The van der Waals surface area contributed by atoms with Gasteiger partial charge in [-0.25, -0.2) is 8.42 Å². The normalized spacial score (nSPS) is 13.1. The van der Waals surface area contributed by atoms with E-state index in [1.165, 1.54) is 39.5 Å². The summed E-state index contributed by atoms with van der Waals surface area (Å²) in [6, 6.07) is 9.25. The average molecular weight is 422 g/mol. The van der Waals surface area contributed by atoms with Crippen molar-refractivity contribution in [2.24, 2.45) is 0 Å². The Morgan fingerprint density at radius 2 is 1.79 bits per heavy atom. The van der Waals surface area contributed by atoms with Crippen molar-refractivity contribution in [1.29, 1.82) is 0 Å². The minimum absolute atomic E-state index is 0.0130. The molecule has 1 heterocycles. The molecule has 1 N–H and O–H groups in total. The molecule has 9 nitrogen and oxygen atoms in total. The lowest BCUT2D eigenvalue weighted by molar-refractivity contribution is -0.116. The van der Waals surface area contributed by atoms with E-state index in [1.807, 2.05) is 0 Å². The summed E-state index contributed by atoms with van der Waals surface area (Å²) >= 11 is 0. The molecule has 0 spiro atoms. The number of anilines is 1. The number of amides is 1. The first kappa shape index (κ1) is 20.7. The van der Waals surface area contributed by atoms with Crippen LogP contribution in [0.1, 0.15) is 0 Å². The van der Waals surface area contributed by atoms with Gasteiger partial charge in [0.25, 0.3) is 0 Å². The van der Waals surface area contributed by atoms with Crippen LogP contribution >= 0.6 is 0 Å². The van der Waals surface area contributed by atoms with Crippen molar-refractivity contribution in [3.05, 3.63) is 36.4 Å². The van der Waals surface area contributed by atoms with E-state index in [0.29, 0.717) is 41.9 Å². The van der Waals surface area contributed by atoms with Crippen LogP contribution in [0.3, 0.4) is 0 Å². The lowest BCUT2D eigenvalue weighted by Crippen LogP contribution is -2.35. The number of methoxy groups -OCH3 is 2. The fourth-order valence-electron chi connectivity index (χ4n) is 2.74. The molecule has 156 valence electrons. The predicted molar refractivity (Wildman–Crippen MR) is 105 cm³/mol. The van der Waals surface area contributed by atoms with Crippen molar-refractivity contribution < 1.29 is 32.2 Å². The zero-order chi connectivity index (χ0) is 21.0. The molecule has 29 heavy (non-hydrogen) atoms. The fraction of sp³-hybridized carbons (Fsp3) is 0.316. The molecule has 1 aliphatic heterocycles. The number of benzene rings is 2. The quantitative estimate of drug-likeness (QED) is 0.725. The Labute approximate surface area is 169 Å². The SMILES string of the molecule is COc1ccc(NC(=O)CN(C)S(=O)(=O)c2ccc3c(c2)OCCO3)c(OC)c1. The van der Waals surface area contributed by atoms with E-state index in [9.17, 15) is 13.2 Å². The maximum atomic E-state index is 12.8. The highest BCUT2D eigenvalue weighted by Crippen LogP contribution is 2.33. The highest BCUT2D eigenvalue weighted by Gasteiger charge is 2.25. The third kappa shape index (κ3) is 4.54. The van der Waals surface area contributed by atoms with Gasteiger partial charge < -0.3 is 24.3 Å². The van der Waals surface area contributed by atoms with Gasteiger partial charge in [0, 0.05) is 19.2 Å². The Hall–Kier alpha value is -2.98. The number of likely N-dealkylation sites (N-methyl/N-ethyl adjacent to an activating group) is 1. The summed E-state index contributed by atoms with van der Waals surface area (Å²) in [6.07, 6.45) is 0. The molecule has 2 aromatic rings. The molecule has 10 heteroatoms. The van der Waals surface area contributed by atoms with E-state index in [2.05, 4.69) is 5.32 Å². The van der Waals surface area contributed by atoms with Gasteiger partial charge in [-0.3, -0.25) is 4.79 Å². The van der Waals surface area contributed by atoms with Crippen LogP contribution in [-0.2, 0) is 14.8 Å². The zero-order valence-corrected chi connectivity index (χ0v) is 17.1. The number of hydrogen-bond donors (Lipinski definition) is 1. The standard InChI is InChI=1S/C19H22N2O7S/c1-21(12-19(22)20-15-6-4-13(25-2)10-17(15)26-3)29(23,24)14-5-7-16-18(11-14)28-9-8-27-16/h4-7,10-11H,8-9,12H2,1-3H3,(H,20,22). The number of fused-ring (bicyclic) bond motifs is 1. The third-order valence-corrected chi connectivity index (χ3v) is 6.07. The maximum absolute atomic E-state index is 12.8. The number of hydrogen-bond acceptors (Lipinski definition) is 7. The van der Waals surface area contributed by atoms with Gasteiger partial charge in [0.15, 0.2) is 11.5 Å². The van der Waals surface area contributed by atoms with Gasteiger partial charge in [0.2, 0.25) is 15.9 Å². The van der Waals surface area contributed by atoms with Crippen LogP contribution in [0.4, 0.5) is 5.69 Å². The molecule has 0 radical (unpaired) electrons. The number of nitrogens with zero attached hydrogens (tertiary/aromatic N) is 1. The van der Waals surface area contributed by atoms with Crippen molar-refractivity contribution in [2.45, 2.75) is 4.90 Å². The van der Waals surface area contributed by atoms with E-state index < -0.39 is 15.9 Å². The Balaban J connectivity index is 1.72. The Morgan fingerprint density at radius 3 is 2.48 bits per heavy atom. The number of sulfonamides is 1. The van der Waals surface area contributed by atoms with E-state index >= 15 is 0 Å². The Kier molecular flexibility index (Phi) is 6.14. The smallest absolute Gasteiger partial charge is 0.243 e. The molecule has 0 aromatic heterocycles. The average Bonchev–Trinajstić information content (AvgIpc) is 2.73. The molecule has 0 aliphatic carbocycles. The van der Waals surface area contributed by atoms with Crippen molar-refractivity contribution in [3.63, 3.8) is 0 Å². The summed E-state index contributed by atoms with van der Waals surface area (Å²) in [4.78, 5) is 12.4. The molecular formula is C19H22N2O7S. The van der Waals surface area contributed by atoms with Crippen LogP contribution in [0.25, 0.3) is 0 Å². The number of rotatable bonds is 7. The molecule has 3 rings (SSSR count). The second-order valence-corrected chi connectivity index (χ2v) is 8.23. The van der Waals surface area contributed by atoms with Crippen LogP contribution in [0.2, 0.25) is 0 Å². The van der Waals surface area contributed by atoms with Gasteiger partial charge in [0.05, 0.1) is 31.3 Å². The number of carbonyl (C=O) groups is 1. The zero-order valence-electron chi connectivity index (χ0n) is 16.3.